The van der Waals surface area contributed by atoms with Gasteiger partial charge >= 0.3 is 0 Å². The Morgan fingerprint density at radius 3 is 2.83 bits per heavy atom. The van der Waals surface area contributed by atoms with Gasteiger partial charge in [-0.2, -0.15) is 5.26 Å². The number of amides is 1. The monoisotopic (exact) mass is 329 g/mol. The van der Waals surface area contributed by atoms with Crippen LogP contribution < -0.4 is 5.73 Å². The lowest BCUT2D eigenvalue weighted by Gasteiger charge is -2.53. The Labute approximate surface area is 143 Å². The summed E-state index contributed by atoms with van der Waals surface area (Å²) < 4.78 is 0. The zero-order valence-corrected chi connectivity index (χ0v) is 14.2. The summed E-state index contributed by atoms with van der Waals surface area (Å²) in [5.74, 6) is 1.63. The minimum atomic E-state index is -0.617. The second-order valence-corrected chi connectivity index (χ2v) is 9.55. The second-order valence-electron chi connectivity index (χ2n) is 9.55. The molecule has 130 valence electrons. The third-order valence-electron chi connectivity index (χ3n) is 7.86. The average molecular weight is 329 g/mol. The first-order chi connectivity index (χ1) is 11.4. The molecule has 6 rings (SSSR count). The van der Waals surface area contributed by atoms with Crippen molar-refractivity contribution in [2.24, 2.45) is 28.9 Å². The maximum Gasteiger partial charge on any atom is 0.241 e. The molecule has 1 amide bonds. The van der Waals surface area contributed by atoms with Gasteiger partial charge in [-0.15, -0.1) is 0 Å². The van der Waals surface area contributed by atoms with E-state index in [0.717, 1.165) is 44.9 Å². The minimum absolute atomic E-state index is 0.0166. The molecule has 4 bridgehead atoms. The summed E-state index contributed by atoms with van der Waals surface area (Å²) in [6.45, 7) is 0. The Balaban J connectivity index is 1.45. The number of carbonyl (C=O) groups is 1. The maximum atomic E-state index is 13.3. The number of hydrogen-bond donors (Lipinski definition) is 2. The molecule has 5 saturated carbocycles. The van der Waals surface area contributed by atoms with Crippen LogP contribution in [0.5, 0.6) is 0 Å². The first kappa shape index (κ1) is 15.2. The van der Waals surface area contributed by atoms with Crippen molar-refractivity contribution in [3.8, 4) is 6.07 Å². The van der Waals surface area contributed by atoms with E-state index in [0.29, 0.717) is 24.2 Å². The quantitative estimate of drug-likeness (QED) is 0.804. The van der Waals surface area contributed by atoms with E-state index in [-0.39, 0.29) is 23.4 Å². The highest BCUT2D eigenvalue weighted by Gasteiger charge is 2.61. The molecule has 0 aromatic heterocycles. The molecule has 6 fully saturated rings. The van der Waals surface area contributed by atoms with E-state index in [4.69, 9.17) is 5.73 Å². The van der Waals surface area contributed by atoms with Crippen LogP contribution in [0.2, 0.25) is 0 Å². The Morgan fingerprint density at radius 1 is 1.25 bits per heavy atom. The normalized spacial score (nSPS) is 52.5. The van der Waals surface area contributed by atoms with Crippen molar-refractivity contribution in [3.63, 3.8) is 0 Å². The van der Waals surface area contributed by atoms with Crippen molar-refractivity contribution in [3.05, 3.63) is 0 Å². The summed E-state index contributed by atoms with van der Waals surface area (Å²) in [7, 11) is 0. The summed E-state index contributed by atoms with van der Waals surface area (Å²) in [4.78, 5) is 15.1. The highest BCUT2D eigenvalue weighted by atomic mass is 16.3. The first-order valence-corrected chi connectivity index (χ1v) is 9.63. The second kappa shape index (κ2) is 4.74. The third kappa shape index (κ3) is 2.02. The molecule has 24 heavy (non-hydrogen) atoms. The van der Waals surface area contributed by atoms with Crippen LogP contribution in [0.1, 0.15) is 57.8 Å². The van der Waals surface area contributed by atoms with Gasteiger partial charge in [-0.3, -0.25) is 4.79 Å². The van der Waals surface area contributed by atoms with Crippen molar-refractivity contribution in [2.75, 3.05) is 0 Å². The van der Waals surface area contributed by atoms with Crippen molar-refractivity contribution < 1.29 is 9.90 Å². The summed E-state index contributed by atoms with van der Waals surface area (Å²) in [6, 6.07) is 1.72. The van der Waals surface area contributed by atoms with Crippen LogP contribution in [-0.2, 0) is 4.79 Å². The van der Waals surface area contributed by atoms with Crippen LogP contribution in [0.3, 0.4) is 0 Å². The van der Waals surface area contributed by atoms with E-state index in [9.17, 15) is 15.2 Å². The lowest BCUT2D eigenvalue weighted by molar-refractivity contribution is -0.144. The Kier molecular flexibility index (Phi) is 2.99. The van der Waals surface area contributed by atoms with Crippen molar-refractivity contribution in [1.82, 2.24) is 4.90 Å². The fourth-order valence-corrected chi connectivity index (χ4v) is 6.99. The molecule has 6 aliphatic rings. The lowest BCUT2D eigenvalue weighted by atomic mass is 9.54. The van der Waals surface area contributed by atoms with Gasteiger partial charge in [0.05, 0.1) is 17.7 Å². The number of nitrogens with two attached hydrogens (primary N) is 1. The van der Waals surface area contributed by atoms with E-state index in [1.54, 1.807) is 0 Å². The predicted octanol–water partition coefficient (Wildman–Crippen LogP) is 1.55. The SMILES string of the molecule is N#CC1CC2CC2N1C(=O)C(N)C12CC3CCC(O)(CC(C3)C1)C2. The fourth-order valence-electron chi connectivity index (χ4n) is 6.99. The number of nitrogens with zero attached hydrogens (tertiary/aromatic N) is 2. The predicted molar refractivity (Wildman–Crippen MR) is 87.4 cm³/mol. The minimum Gasteiger partial charge on any atom is -0.390 e. The van der Waals surface area contributed by atoms with Crippen molar-refractivity contribution in [2.45, 2.75) is 81.5 Å². The summed E-state index contributed by atoms with van der Waals surface area (Å²) >= 11 is 0. The van der Waals surface area contributed by atoms with E-state index in [2.05, 4.69) is 6.07 Å². The Hall–Kier alpha value is -1.12. The lowest BCUT2D eigenvalue weighted by Crippen LogP contribution is -2.60. The molecular weight excluding hydrogens is 302 g/mol. The number of carbonyl (C=O) groups excluding carboxylic acids is 1. The zero-order valence-electron chi connectivity index (χ0n) is 14.2. The molecule has 1 aliphatic heterocycles. The largest absolute Gasteiger partial charge is 0.390 e. The average Bonchev–Trinajstić information content (AvgIpc) is 3.24. The van der Waals surface area contributed by atoms with E-state index < -0.39 is 11.6 Å². The fraction of sp³-hybridized carbons (Fsp3) is 0.895. The Morgan fingerprint density at radius 2 is 2.04 bits per heavy atom. The Bertz CT molecular complexity index is 631. The number of hydrogen-bond acceptors (Lipinski definition) is 4. The van der Waals surface area contributed by atoms with Gasteiger partial charge in [-0.1, -0.05) is 0 Å². The summed E-state index contributed by atoms with van der Waals surface area (Å²) in [5.41, 5.74) is 5.74. The number of fused-ring (bicyclic) bond motifs is 2. The van der Waals surface area contributed by atoms with Crippen LogP contribution in [-0.4, -0.2) is 39.6 Å². The van der Waals surface area contributed by atoms with E-state index >= 15 is 0 Å². The maximum absolute atomic E-state index is 13.3. The van der Waals surface area contributed by atoms with E-state index in [1.807, 2.05) is 4.90 Å². The van der Waals surface area contributed by atoms with E-state index in [1.165, 1.54) is 6.42 Å². The van der Waals surface area contributed by atoms with Gasteiger partial charge in [-0.05, 0) is 81.0 Å². The highest BCUT2D eigenvalue weighted by Crippen LogP contribution is 2.60. The topological polar surface area (TPSA) is 90.4 Å². The van der Waals surface area contributed by atoms with Crippen LogP contribution in [0.25, 0.3) is 0 Å². The van der Waals surface area contributed by atoms with Gasteiger partial charge in [0.25, 0.3) is 0 Å². The molecule has 8 unspecified atom stereocenters. The molecule has 1 heterocycles. The molecule has 0 aromatic rings. The zero-order chi connectivity index (χ0) is 16.7. The summed E-state index contributed by atoms with van der Waals surface area (Å²) in [5, 5.41) is 20.5. The molecule has 5 nitrogen and oxygen atoms in total. The number of rotatable bonds is 2. The molecular formula is C19H27N3O2. The van der Waals surface area contributed by atoms with Gasteiger partial charge in [0.2, 0.25) is 5.91 Å². The standard InChI is InChI=1S/C19H27N3O2/c20-9-14-4-13-5-15(13)22(14)17(23)16(21)18-6-11-1-2-19(24,10-18)8-12(3-11)7-18/h11-16,24H,1-8,10,21H2. The van der Waals surface area contributed by atoms with Crippen LogP contribution in [0, 0.1) is 34.5 Å². The molecule has 0 radical (unpaired) electrons. The van der Waals surface area contributed by atoms with Crippen molar-refractivity contribution in [1.29, 1.82) is 5.26 Å². The van der Waals surface area contributed by atoms with Gasteiger partial charge in [0.15, 0.2) is 0 Å². The number of likely N-dealkylation sites (tertiary alicyclic amines) is 1. The van der Waals surface area contributed by atoms with Crippen LogP contribution in [0.4, 0.5) is 0 Å². The molecule has 5 aliphatic carbocycles. The molecule has 5 heteroatoms. The van der Waals surface area contributed by atoms with Crippen LogP contribution >= 0.6 is 0 Å². The molecule has 0 aromatic carbocycles. The number of nitriles is 1. The summed E-state index contributed by atoms with van der Waals surface area (Å²) in [6.07, 6.45) is 8.54. The molecule has 1 saturated heterocycles. The third-order valence-corrected chi connectivity index (χ3v) is 7.86. The molecule has 3 N–H and O–H groups in total. The molecule has 0 spiro atoms. The first-order valence-electron chi connectivity index (χ1n) is 9.63. The number of piperidine rings is 1. The van der Waals surface area contributed by atoms with Crippen LogP contribution in [0.15, 0.2) is 0 Å². The van der Waals surface area contributed by atoms with Crippen molar-refractivity contribution >= 4 is 5.91 Å². The smallest absolute Gasteiger partial charge is 0.241 e. The van der Waals surface area contributed by atoms with Gasteiger partial charge < -0.3 is 15.7 Å². The molecule has 8 atom stereocenters. The van der Waals surface area contributed by atoms with Gasteiger partial charge in [0.1, 0.15) is 6.04 Å². The van der Waals surface area contributed by atoms with Gasteiger partial charge in [0, 0.05) is 6.04 Å². The van der Waals surface area contributed by atoms with Gasteiger partial charge in [-0.25, -0.2) is 0 Å². The highest BCUT2D eigenvalue weighted by molar-refractivity contribution is 5.84. The number of aliphatic hydroxyl groups is 1.